The van der Waals surface area contributed by atoms with Crippen LogP contribution in [0, 0.1) is 0 Å². The molecule has 4 heteroatoms. The zero-order valence-electron chi connectivity index (χ0n) is 9.66. The number of nitrogens with zero attached hydrogens (tertiary/aromatic N) is 1. The summed E-state index contributed by atoms with van der Waals surface area (Å²) in [6.07, 6.45) is 1.21. The highest BCUT2D eigenvalue weighted by molar-refractivity contribution is 9.10. The zero-order valence-corrected chi connectivity index (χ0v) is 11.3. The van der Waals surface area contributed by atoms with Crippen molar-refractivity contribution in [2.24, 2.45) is 0 Å². The average Bonchev–Trinajstić information content (AvgIpc) is 2.81. The standard InChI is InChI=1S/C12H17BrN2O/c1-15(10-5-6-14-8-10)9-3-4-12(16-2)11(13)7-9/h3-4,7,10,14H,5-6,8H2,1-2H3. The topological polar surface area (TPSA) is 24.5 Å². The Labute approximate surface area is 105 Å². The summed E-state index contributed by atoms with van der Waals surface area (Å²) in [6, 6.07) is 6.80. The molecule has 0 aromatic heterocycles. The first-order valence-electron chi connectivity index (χ1n) is 5.49. The monoisotopic (exact) mass is 284 g/mol. The van der Waals surface area contributed by atoms with E-state index >= 15 is 0 Å². The Balaban J connectivity index is 2.16. The van der Waals surface area contributed by atoms with Gasteiger partial charge >= 0.3 is 0 Å². The Kier molecular flexibility index (Phi) is 3.71. The molecule has 1 atom stereocenters. The molecule has 0 saturated carbocycles. The van der Waals surface area contributed by atoms with Crippen molar-refractivity contribution in [1.29, 1.82) is 0 Å². The van der Waals surface area contributed by atoms with Gasteiger partial charge in [-0.15, -0.1) is 0 Å². The van der Waals surface area contributed by atoms with E-state index in [9.17, 15) is 0 Å². The minimum atomic E-state index is 0.597. The molecule has 1 unspecified atom stereocenters. The van der Waals surface area contributed by atoms with E-state index < -0.39 is 0 Å². The smallest absolute Gasteiger partial charge is 0.133 e. The fourth-order valence-electron chi connectivity index (χ4n) is 2.06. The van der Waals surface area contributed by atoms with Crippen molar-refractivity contribution in [2.45, 2.75) is 12.5 Å². The number of nitrogens with one attached hydrogen (secondary N) is 1. The van der Waals surface area contributed by atoms with E-state index in [1.54, 1.807) is 7.11 Å². The Bertz CT molecular complexity index is 364. The number of benzene rings is 1. The van der Waals surface area contributed by atoms with Gasteiger partial charge in [-0.05, 0) is 47.1 Å². The van der Waals surface area contributed by atoms with Crippen LogP contribution in [0.3, 0.4) is 0 Å². The maximum Gasteiger partial charge on any atom is 0.133 e. The van der Waals surface area contributed by atoms with Gasteiger partial charge in [0.2, 0.25) is 0 Å². The summed E-state index contributed by atoms with van der Waals surface area (Å²) in [5.74, 6) is 0.877. The van der Waals surface area contributed by atoms with Crippen molar-refractivity contribution in [1.82, 2.24) is 5.32 Å². The van der Waals surface area contributed by atoms with Gasteiger partial charge in [0.1, 0.15) is 5.75 Å². The van der Waals surface area contributed by atoms with Gasteiger partial charge in [-0.1, -0.05) is 0 Å². The van der Waals surface area contributed by atoms with E-state index in [0.29, 0.717) is 6.04 Å². The number of halogens is 1. The molecule has 1 saturated heterocycles. The van der Waals surface area contributed by atoms with Gasteiger partial charge in [0, 0.05) is 25.3 Å². The third-order valence-corrected chi connectivity index (χ3v) is 3.74. The Morgan fingerprint density at radius 2 is 2.31 bits per heavy atom. The molecule has 1 N–H and O–H groups in total. The fraction of sp³-hybridized carbons (Fsp3) is 0.500. The second-order valence-electron chi connectivity index (χ2n) is 4.08. The van der Waals surface area contributed by atoms with Crippen LogP contribution < -0.4 is 15.0 Å². The van der Waals surface area contributed by atoms with Crippen molar-refractivity contribution < 1.29 is 4.74 Å². The highest BCUT2D eigenvalue weighted by Crippen LogP contribution is 2.30. The molecule has 0 amide bonds. The normalized spacial score (nSPS) is 19.8. The van der Waals surface area contributed by atoms with E-state index in [1.165, 1.54) is 12.1 Å². The van der Waals surface area contributed by atoms with Gasteiger partial charge in [-0.3, -0.25) is 0 Å². The molecule has 1 fully saturated rings. The van der Waals surface area contributed by atoms with Crippen LogP contribution in [0.2, 0.25) is 0 Å². The van der Waals surface area contributed by atoms with Crippen molar-refractivity contribution in [3.8, 4) is 5.75 Å². The van der Waals surface area contributed by atoms with Crippen LogP contribution in [-0.2, 0) is 0 Å². The van der Waals surface area contributed by atoms with Gasteiger partial charge in [-0.25, -0.2) is 0 Å². The lowest BCUT2D eigenvalue weighted by atomic mass is 10.2. The summed E-state index contributed by atoms with van der Waals surface area (Å²) < 4.78 is 6.23. The average molecular weight is 285 g/mol. The highest BCUT2D eigenvalue weighted by atomic mass is 79.9. The quantitative estimate of drug-likeness (QED) is 0.922. The minimum absolute atomic E-state index is 0.597. The minimum Gasteiger partial charge on any atom is -0.496 e. The number of anilines is 1. The van der Waals surface area contributed by atoms with Crippen LogP contribution in [0.5, 0.6) is 5.75 Å². The predicted octanol–water partition coefficient (Wildman–Crippen LogP) is 2.26. The Morgan fingerprint density at radius 3 is 2.88 bits per heavy atom. The van der Waals surface area contributed by atoms with Crippen LogP contribution in [0.1, 0.15) is 6.42 Å². The first-order chi connectivity index (χ1) is 7.72. The highest BCUT2D eigenvalue weighted by Gasteiger charge is 2.19. The molecule has 1 aliphatic heterocycles. The second kappa shape index (κ2) is 5.06. The maximum atomic E-state index is 5.23. The van der Waals surface area contributed by atoms with Crippen molar-refractivity contribution in [3.05, 3.63) is 22.7 Å². The largest absolute Gasteiger partial charge is 0.496 e. The van der Waals surface area contributed by atoms with Crippen molar-refractivity contribution in [2.75, 3.05) is 32.1 Å². The fourth-order valence-corrected chi connectivity index (χ4v) is 2.58. The van der Waals surface area contributed by atoms with Crippen molar-refractivity contribution in [3.63, 3.8) is 0 Å². The molecule has 0 aliphatic carbocycles. The van der Waals surface area contributed by atoms with E-state index in [2.05, 4.69) is 45.3 Å². The molecule has 1 heterocycles. The molecular weight excluding hydrogens is 268 g/mol. The lowest BCUT2D eigenvalue weighted by molar-refractivity contribution is 0.412. The third-order valence-electron chi connectivity index (χ3n) is 3.12. The van der Waals surface area contributed by atoms with Crippen molar-refractivity contribution >= 4 is 21.6 Å². The van der Waals surface area contributed by atoms with Gasteiger partial charge < -0.3 is 15.0 Å². The van der Waals surface area contributed by atoms with Crippen LogP contribution in [0.15, 0.2) is 22.7 Å². The summed E-state index contributed by atoms with van der Waals surface area (Å²) >= 11 is 3.52. The summed E-state index contributed by atoms with van der Waals surface area (Å²) in [6.45, 7) is 2.19. The van der Waals surface area contributed by atoms with E-state index in [-0.39, 0.29) is 0 Å². The summed E-state index contributed by atoms with van der Waals surface area (Å²) in [5.41, 5.74) is 1.22. The number of likely N-dealkylation sites (N-methyl/N-ethyl adjacent to an activating group) is 1. The summed E-state index contributed by atoms with van der Waals surface area (Å²) in [7, 11) is 3.83. The second-order valence-corrected chi connectivity index (χ2v) is 4.93. The van der Waals surface area contributed by atoms with Crippen LogP contribution in [-0.4, -0.2) is 33.3 Å². The lowest BCUT2D eigenvalue weighted by Gasteiger charge is -2.26. The van der Waals surface area contributed by atoms with Crippen LogP contribution in [0.4, 0.5) is 5.69 Å². The predicted molar refractivity (Wildman–Crippen MR) is 70.4 cm³/mol. The molecule has 1 aromatic rings. The first-order valence-corrected chi connectivity index (χ1v) is 6.29. The molecule has 1 aliphatic rings. The number of hydrogen-bond acceptors (Lipinski definition) is 3. The molecule has 88 valence electrons. The van der Waals surface area contributed by atoms with Gasteiger partial charge in [-0.2, -0.15) is 0 Å². The van der Waals surface area contributed by atoms with Gasteiger partial charge in [0.25, 0.3) is 0 Å². The molecule has 16 heavy (non-hydrogen) atoms. The molecule has 1 aromatic carbocycles. The number of methoxy groups -OCH3 is 1. The third kappa shape index (κ3) is 2.33. The number of ether oxygens (including phenoxy) is 1. The molecule has 2 rings (SSSR count). The molecule has 0 radical (unpaired) electrons. The van der Waals surface area contributed by atoms with E-state index in [1.807, 2.05) is 6.07 Å². The number of hydrogen-bond donors (Lipinski definition) is 1. The van der Waals surface area contributed by atoms with Gasteiger partial charge in [0.05, 0.1) is 11.6 Å². The van der Waals surface area contributed by atoms with Crippen LogP contribution >= 0.6 is 15.9 Å². The summed E-state index contributed by atoms with van der Waals surface area (Å²) in [4.78, 5) is 2.32. The van der Waals surface area contributed by atoms with Crippen LogP contribution in [0.25, 0.3) is 0 Å². The molecular formula is C12H17BrN2O. The zero-order chi connectivity index (χ0) is 11.5. The lowest BCUT2D eigenvalue weighted by Crippen LogP contribution is -2.33. The van der Waals surface area contributed by atoms with Gasteiger partial charge in [0.15, 0.2) is 0 Å². The van der Waals surface area contributed by atoms with E-state index in [0.717, 1.165) is 23.3 Å². The Hall–Kier alpha value is -0.740. The molecule has 3 nitrogen and oxygen atoms in total. The summed E-state index contributed by atoms with van der Waals surface area (Å²) in [5, 5.41) is 3.38. The maximum absolute atomic E-state index is 5.23. The molecule has 0 spiro atoms. The SMILES string of the molecule is COc1ccc(N(C)C2CCNC2)cc1Br. The Morgan fingerprint density at radius 1 is 1.50 bits per heavy atom. The van der Waals surface area contributed by atoms with E-state index in [4.69, 9.17) is 4.74 Å². The first kappa shape index (κ1) is 11.7. The number of rotatable bonds is 3. The molecule has 0 bridgehead atoms.